The van der Waals surface area contributed by atoms with Gasteiger partial charge in [0.1, 0.15) is 5.82 Å². The van der Waals surface area contributed by atoms with Crippen molar-refractivity contribution < 1.29 is 4.39 Å². The molecular formula is C14H17FN2S. The van der Waals surface area contributed by atoms with Crippen LogP contribution in [-0.2, 0) is 5.41 Å². The summed E-state index contributed by atoms with van der Waals surface area (Å²) in [4.78, 5) is 0. The number of rotatable bonds is 4. The smallest absolute Gasteiger partial charge is 0.123 e. The lowest BCUT2D eigenvalue weighted by Crippen LogP contribution is -2.40. The second kappa shape index (κ2) is 5.18. The molecule has 3 N–H and O–H groups in total. The summed E-state index contributed by atoms with van der Waals surface area (Å²) in [5, 5.41) is 4.11. The zero-order valence-electron chi connectivity index (χ0n) is 10.5. The van der Waals surface area contributed by atoms with Gasteiger partial charge in [0.05, 0.1) is 6.04 Å². The number of nitrogens with two attached hydrogens (primary N) is 1. The summed E-state index contributed by atoms with van der Waals surface area (Å²) < 4.78 is 13.0. The van der Waals surface area contributed by atoms with E-state index in [1.165, 1.54) is 12.1 Å². The van der Waals surface area contributed by atoms with Crippen LogP contribution in [0.4, 0.5) is 4.39 Å². The minimum Gasteiger partial charge on any atom is -0.271 e. The van der Waals surface area contributed by atoms with E-state index in [1.807, 2.05) is 17.5 Å². The Bertz CT molecular complexity index is 491. The zero-order chi connectivity index (χ0) is 13.2. The topological polar surface area (TPSA) is 38.0 Å². The Morgan fingerprint density at radius 2 is 1.89 bits per heavy atom. The maximum absolute atomic E-state index is 13.0. The summed E-state index contributed by atoms with van der Waals surface area (Å²) in [7, 11) is 0. The van der Waals surface area contributed by atoms with Crippen molar-refractivity contribution in [1.29, 1.82) is 0 Å². The molecule has 4 heteroatoms. The van der Waals surface area contributed by atoms with Crippen LogP contribution in [0.25, 0.3) is 0 Å². The minimum atomic E-state index is -0.220. The summed E-state index contributed by atoms with van der Waals surface area (Å²) in [6.07, 6.45) is 0. The number of hydrogen-bond donors (Lipinski definition) is 2. The second-order valence-corrected chi connectivity index (χ2v) is 5.66. The Labute approximate surface area is 111 Å². The van der Waals surface area contributed by atoms with Crippen molar-refractivity contribution in [3.8, 4) is 0 Å². The van der Waals surface area contributed by atoms with E-state index in [9.17, 15) is 4.39 Å². The molecule has 0 aliphatic heterocycles. The maximum Gasteiger partial charge on any atom is 0.123 e. The molecule has 0 radical (unpaired) electrons. The SMILES string of the molecule is CC(C)(c1ccc(F)cc1)C(NN)c1ccsc1. The first-order valence-electron chi connectivity index (χ1n) is 5.80. The fourth-order valence-electron chi connectivity index (χ4n) is 2.21. The molecule has 0 spiro atoms. The molecule has 0 bridgehead atoms. The van der Waals surface area contributed by atoms with Crippen molar-refractivity contribution in [2.75, 3.05) is 0 Å². The van der Waals surface area contributed by atoms with Crippen LogP contribution in [0.3, 0.4) is 0 Å². The van der Waals surface area contributed by atoms with Gasteiger partial charge in [-0.15, -0.1) is 0 Å². The number of thiophene rings is 1. The van der Waals surface area contributed by atoms with Gasteiger partial charge in [-0.3, -0.25) is 11.3 Å². The van der Waals surface area contributed by atoms with E-state index in [0.29, 0.717) is 0 Å². The van der Waals surface area contributed by atoms with Crippen molar-refractivity contribution in [2.24, 2.45) is 5.84 Å². The number of benzene rings is 1. The first-order valence-corrected chi connectivity index (χ1v) is 6.74. The molecule has 0 amide bonds. The van der Waals surface area contributed by atoms with Crippen molar-refractivity contribution >= 4 is 11.3 Å². The lowest BCUT2D eigenvalue weighted by Gasteiger charge is -2.34. The van der Waals surface area contributed by atoms with Gasteiger partial charge in [-0.05, 0) is 40.1 Å². The van der Waals surface area contributed by atoms with E-state index in [-0.39, 0.29) is 17.3 Å². The van der Waals surface area contributed by atoms with E-state index in [2.05, 4.69) is 30.7 Å². The third kappa shape index (κ3) is 2.46. The molecule has 96 valence electrons. The molecule has 0 fully saturated rings. The quantitative estimate of drug-likeness (QED) is 0.656. The van der Waals surface area contributed by atoms with Crippen molar-refractivity contribution in [3.63, 3.8) is 0 Å². The molecule has 0 saturated heterocycles. The summed E-state index contributed by atoms with van der Waals surface area (Å²) in [5.74, 6) is 5.48. The highest BCUT2D eigenvalue weighted by Crippen LogP contribution is 2.37. The normalized spacial score (nSPS) is 13.6. The van der Waals surface area contributed by atoms with Crippen LogP contribution in [0, 0.1) is 5.82 Å². The molecular weight excluding hydrogens is 247 g/mol. The molecule has 2 rings (SSSR count). The van der Waals surface area contributed by atoms with Crippen LogP contribution in [0.5, 0.6) is 0 Å². The Hall–Kier alpha value is -1.23. The second-order valence-electron chi connectivity index (χ2n) is 4.88. The molecule has 18 heavy (non-hydrogen) atoms. The highest BCUT2D eigenvalue weighted by atomic mass is 32.1. The van der Waals surface area contributed by atoms with Crippen molar-refractivity contribution in [2.45, 2.75) is 25.3 Å². The Kier molecular flexibility index (Phi) is 3.80. The van der Waals surface area contributed by atoms with Crippen LogP contribution in [-0.4, -0.2) is 0 Å². The molecule has 2 aromatic rings. The molecule has 1 unspecified atom stereocenters. The van der Waals surface area contributed by atoms with Gasteiger partial charge in [0, 0.05) is 5.41 Å². The maximum atomic E-state index is 13.0. The minimum absolute atomic E-state index is 0.00536. The first kappa shape index (κ1) is 13.2. The number of nitrogens with one attached hydrogen (secondary N) is 1. The standard InChI is InChI=1S/C14H17FN2S/c1-14(2,11-3-5-12(15)6-4-11)13(17-16)10-7-8-18-9-10/h3-9,13,17H,16H2,1-2H3. The molecule has 0 saturated carbocycles. The van der Waals surface area contributed by atoms with Crippen LogP contribution < -0.4 is 11.3 Å². The molecule has 1 aromatic carbocycles. The van der Waals surface area contributed by atoms with Crippen LogP contribution in [0.15, 0.2) is 41.1 Å². The lowest BCUT2D eigenvalue weighted by molar-refractivity contribution is 0.353. The van der Waals surface area contributed by atoms with Crippen molar-refractivity contribution in [1.82, 2.24) is 5.43 Å². The van der Waals surface area contributed by atoms with E-state index in [1.54, 1.807) is 11.3 Å². The lowest BCUT2D eigenvalue weighted by atomic mass is 9.76. The number of hydrazine groups is 1. The van der Waals surface area contributed by atoms with Crippen LogP contribution in [0.1, 0.15) is 31.0 Å². The average Bonchev–Trinajstić information content (AvgIpc) is 2.84. The summed E-state index contributed by atoms with van der Waals surface area (Å²) >= 11 is 1.64. The van der Waals surface area contributed by atoms with E-state index in [0.717, 1.165) is 11.1 Å². The van der Waals surface area contributed by atoms with E-state index < -0.39 is 0 Å². The molecule has 1 atom stereocenters. The fourth-order valence-corrected chi connectivity index (χ4v) is 2.89. The Morgan fingerprint density at radius 3 is 2.39 bits per heavy atom. The highest BCUT2D eigenvalue weighted by Gasteiger charge is 2.32. The van der Waals surface area contributed by atoms with Gasteiger partial charge in [-0.1, -0.05) is 26.0 Å². The molecule has 0 aliphatic rings. The monoisotopic (exact) mass is 264 g/mol. The molecule has 1 heterocycles. The van der Waals surface area contributed by atoms with Crippen molar-refractivity contribution in [3.05, 3.63) is 58.0 Å². The third-order valence-corrected chi connectivity index (χ3v) is 4.05. The molecule has 2 nitrogen and oxygen atoms in total. The van der Waals surface area contributed by atoms with Crippen LogP contribution in [0.2, 0.25) is 0 Å². The van der Waals surface area contributed by atoms with Gasteiger partial charge in [0.25, 0.3) is 0 Å². The third-order valence-electron chi connectivity index (χ3n) is 3.35. The van der Waals surface area contributed by atoms with Gasteiger partial charge in [-0.25, -0.2) is 4.39 Å². The summed E-state index contributed by atoms with van der Waals surface area (Å²) in [6.45, 7) is 4.20. The van der Waals surface area contributed by atoms with Crippen LogP contribution >= 0.6 is 11.3 Å². The Morgan fingerprint density at radius 1 is 1.22 bits per heavy atom. The van der Waals surface area contributed by atoms with Gasteiger partial charge in [0.2, 0.25) is 0 Å². The Balaban J connectivity index is 2.36. The van der Waals surface area contributed by atoms with Gasteiger partial charge < -0.3 is 0 Å². The average molecular weight is 264 g/mol. The molecule has 1 aromatic heterocycles. The largest absolute Gasteiger partial charge is 0.271 e. The highest BCUT2D eigenvalue weighted by molar-refractivity contribution is 7.07. The van der Waals surface area contributed by atoms with E-state index in [4.69, 9.17) is 5.84 Å². The van der Waals surface area contributed by atoms with Gasteiger partial charge in [0.15, 0.2) is 0 Å². The van der Waals surface area contributed by atoms with E-state index >= 15 is 0 Å². The number of halogens is 1. The summed E-state index contributed by atoms with van der Waals surface area (Å²) in [6, 6.07) is 8.64. The molecule has 0 aliphatic carbocycles. The van der Waals surface area contributed by atoms with Gasteiger partial charge >= 0.3 is 0 Å². The fraction of sp³-hybridized carbons (Fsp3) is 0.286. The number of hydrogen-bond acceptors (Lipinski definition) is 3. The zero-order valence-corrected chi connectivity index (χ0v) is 11.3. The first-order chi connectivity index (χ1) is 8.55. The van der Waals surface area contributed by atoms with Gasteiger partial charge in [-0.2, -0.15) is 11.3 Å². The predicted octanol–water partition coefficient (Wildman–Crippen LogP) is 3.37. The summed E-state index contributed by atoms with van der Waals surface area (Å²) in [5.41, 5.74) is 4.86. The predicted molar refractivity (Wildman–Crippen MR) is 73.8 cm³/mol.